The third-order valence-electron chi connectivity index (χ3n) is 4.54. The molecule has 1 unspecified atom stereocenters. The van der Waals surface area contributed by atoms with Crippen molar-refractivity contribution in [2.75, 3.05) is 19.6 Å². The highest BCUT2D eigenvalue weighted by Gasteiger charge is 2.17. The predicted molar refractivity (Wildman–Crippen MR) is 87.4 cm³/mol. The lowest BCUT2D eigenvalue weighted by Gasteiger charge is -2.18. The summed E-state index contributed by atoms with van der Waals surface area (Å²) in [5, 5.41) is 0. The number of benzene rings is 1. The fourth-order valence-electron chi connectivity index (χ4n) is 3.21. The van der Waals surface area contributed by atoms with Gasteiger partial charge in [-0.05, 0) is 57.0 Å². The van der Waals surface area contributed by atoms with Crippen molar-refractivity contribution in [3.05, 3.63) is 29.6 Å². The topological polar surface area (TPSA) is 47.1 Å². The zero-order valence-electron chi connectivity index (χ0n) is 13.2. The Kier molecular flexibility index (Phi) is 4.27. The smallest absolute Gasteiger partial charge is 0.126 e. The van der Waals surface area contributed by atoms with Gasteiger partial charge in [0.05, 0.1) is 17.1 Å². The van der Waals surface area contributed by atoms with E-state index in [-0.39, 0.29) is 6.04 Å². The van der Waals surface area contributed by atoms with Gasteiger partial charge in [0.15, 0.2) is 0 Å². The molecule has 114 valence electrons. The SMILES string of the molecule is CCC(N)c1nc2cc(C)ccc2n1CCN1CCCC1. The lowest BCUT2D eigenvalue weighted by atomic mass is 10.2. The molecule has 1 aromatic heterocycles. The summed E-state index contributed by atoms with van der Waals surface area (Å²) in [5.74, 6) is 1.04. The van der Waals surface area contributed by atoms with Crippen molar-refractivity contribution < 1.29 is 0 Å². The van der Waals surface area contributed by atoms with Gasteiger partial charge in [0.1, 0.15) is 5.82 Å². The Bertz CT molecular complexity index is 611. The van der Waals surface area contributed by atoms with E-state index in [1.54, 1.807) is 0 Å². The first-order valence-electron chi connectivity index (χ1n) is 8.13. The second-order valence-corrected chi connectivity index (χ2v) is 6.18. The first-order chi connectivity index (χ1) is 10.2. The van der Waals surface area contributed by atoms with Gasteiger partial charge >= 0.3 is 0 Å². The summed E-state index contributed by atoms with van der Waals surface area (Å²) in [7, 11) is 0. The van der Waals surface area contributed by atoms with Crippen LogP contribution >= 0.6 is 0 Å². The van der Waals surface area contributed by atoms with Crippen LogP contribution in [0.5, 0.6) is 0 Å². The summed E-state index contributed by atoms with van der Waals surface area (Å²) in [6, 6.07) is 6.54. The quantitative estimate of drug-likeness (QED) is 0.919. The van der Waals surface area contributed by atoms with Crippen molar-refractivity contribution in [1.29, 1.82) is 0 Å². The molecule has 4 heteroatoms. The molecule has 2 aromatic rings. The monoisotopic (exact) mass is 286 g/mol. The fraction of sp³-hybridized carbons (Fsp3) is 0.588. The van der Waals surface area contributed by atoms with Gasteiger partial charge < -0.3 is 15.2 Å². The third-order valence-corrected chi connectivity index (χ3v) is 4.54. The van der Waals surface area contributed by atoms with Crippen LogP contribution in [0.2, 0.25) is 0 Å². The lowest BCUT2D eigenvalue weighted by molar-refractivity contribution is 0.321. The highest BCUT2D eigenvalue weighted by Crippen LogP contribution is 2.23. The maximum atomic E-state index is 6.28. The molecule has 4 nitrogen and oxygen atoms in total. The van der Waals surface area contributed by atoms with Crippen LogP contribution in [0.25, 0.3) is 11.0 Å². The van der Waals surface area contributed by atoms with E-state index in [1.807, 2.05) is 0 Å². The fourth-order valence-corrected chi connectivity index (χ4v) is 3.21. The molecule has 0 spiro atoms. The van der Waals surface area contributed by atoms with Gasteiger partial charge in [-0.15, -0.1) is 0 Å². The van der Waals surface area contributed by atoms with Gasteiger partial charge in [-0.25, -0.2) is 4.98 Å². The Morgan fingerprint density at radius 2 is 2.00 bits per heavy atom. The van der Waals surface area contributed by atoms with E-state index in [1.165, 1.54) is 37.0 Å². The second-order valence-electron chi connectivity index (χ2n) is 6.18. The molecule has 1 saturated heterocycles. The molecule has 1 aliphatic heterocycles. The van der Waals surface area contributed by atoms with Gasteiger partial charge in [-0.1, -0.05) is 13.0 Å². The number of fused-ring (bicyclic) bond motifs is 1. The summed E-state index contributed by atoms with van der Waals surface area (Å²) >= 11 is 0. The molecular weight excluding hydrogens is 260 g/mol. The summed E-state index contributed by atoms with van der Waals surface area (Å²) in [6.45, 7) is 8.80. The van der Waals surface area contributed by atoms with Crippen molar-refractivity contribution in [3.63, 3.8) is 0 Å². The predicted octanol–water partition coefficient (Wildman–Crippen LogP) is 2.85. The molecule has 0 bridgehead atoms. The van der Waals surface area contributed by atoms with Crippen LogP contribution < -0.4 is 5.73 Å². The average Bonchev–Trinajstić information content (AvgIpc) is 3.11. The molecule has 0 saturated carbocycles. The second kappa shape index (κ2) is 6.16. The zero-order valence-corrected chi connectivity index (χ0v) is 13.2. The van der Waals surface area contributed by atoms with Crippen molar-refractivity contribution in [2.24, 2.45) is 5.73 Å². The molecule has 2 heterocycles. The van der Waals surface area contributed by atoms with E-state index < -0.39 is 0 Å². The van der Waals surface area contributed by atoms with Gasteiger partial charge in [0, 0.05) is 13.1 Å². The number of hydrogen-bond acceptors (Lipinski definition) is 3. The number of nitrogens with two attached hydrogens (primary N) is 1. The molecule has 3 rings (SSSR count). The number of aryl methyl sites for hydroxylation is 1. The van der Waals surface area contributed by atoms with E-state index >= 15 is 0 Å². The minimum atomic E-state index is 0.0243. The van der Waals surface area contributed by atoms with Crippen molar-refractivity contribution in [3.8, 4) is 0 Å². The molecule has 0 aliphatic carbocycles. The highest BCUT2D eigenvalue weighted by molar-refractivity contribution is 5.77. The Balaban J connectivity index is 1.92. The Hall–Kier alpha value is -1.39. The third kappa shape index (κ3) is 2.97. The first kappa shape index (κ1) is 14.5. The minimum absolute atomic E-state index is 0.0243. The van der Waals surface area contributed by atoms with Gasteiger partial charge in [-0.2, -0.15) is 0 Å². The molecule has 2 N–H and O–H groups in total. The van der Waals surface area contributed by atoms with Crippen molar-refractivity contribution in [2.45, 2.75) is 45.7 Å². The van der Waals surface area contributed by atoms with Crippen molar-refractivity contribution >= 4 is 11.0 Å². The summed E-state index contributed by atoms with van der Waals surface area (Å²) in [5.41, 5.74) is 9.84. The number of likely N-dealkylation sites (tertiary alicyclic amines) is 1. The van der Waals surface area contributed by atoms with Crippen LogP contribution in [0.4, 0.5) is 0 Å². The number of aromatic nitrogens is 2. The largest absolute Gasteiger partial charge is 0.325 e. The summed E-state index contributed by atoms with van der Waals surface area (Å²) in [4.78, 5) is 7.35. The highest BCUT2D eigenvalue weighted by atomic mass is 15.2. The number of hydrogen-bond donors (Lipinski definition) is 1. The molecule has 1 aliphatic rings. The van der Waals surface area contributed by atoms with Gasteiger partial charge in [0.25, 0.3) is 0 Å². The van der Waals surface area contributed by atoms with Gasteiger partial charge in [0.2, 0.25) is 0 Å². The Morgan fingerprint density at radius 1 is 1.24 bits per heavy atom. The van der Waals surface area contributed by atoms with Crippen LogP contribution in [0.1, 0.15) is 43.6 Å². The van der Waals surface area contributed by atoms with Gasteiger partial charge in [-0.3, -0.25) is 0 Å². The molecule has 21 heavy (non-hydrogen) atoms. The molecule has 1 atom stereocenters. The van der Waals surface area contributed by atoms with E-state index in [9.17, 15) is 0 Å². The van der Waals surface area contributed by atoms with Crippen LogP contribution in [0, 0.1) is 6.92 Å². The Labute approximate surface area is 126 Å². The maximum absolute atomic E-state index is 6.28. The molecule has 0 amide bonds. The molecule has 1 fully saturated rings. The number of rotatable bonds is 5. The van der Waals surface area contributed by atoms with Crippen LogP contribution in [0.15, 0.2) is 18.2 Å². The van der Waals surface area contributed by atoms with E-state index in [2.05, 4.69) is 41.5 Å². The normalized spacial score (nSPS) is 17.7. The van der Waals surface area contributed by atoms with Crippen molar-refractivity contribution in [1.82, 2.24) is 14.5 Å². The lowest BCUT2D eigenvalue weighted by Crippen LogP contribution is -2.26. The molecule has 1 aromatic carbocycles. The van der Waals surface area contributed by atoms with Crippen LogP contribution in [0.3, 0.4) is 0 Å². The van der Waals surface area contributed by atoms with Crippen LogP contribution in [-0.4, -0.2) is 34.1 Å². The first-order valence-corrected chi connectivity index (χ1v) is 8.13. The van der Waals surface area contributed by atoms with Crippen LogP contribution in [-0.2, 0) is 6.54 Å². The molecule has 0 radical (unpaired) electrons. The molecular formula is C17H26N4. The summed E-state index contributed by atoms with van der Waals surface area (Å²) < 4.78 is 2.33. The average molecular weight is 286 g/mol. The summed E-state index contributed by atoms with van der Waals surface area (Å²) in [6.07, 6.45) is 3.60. The van der Waals surface area contributed by atoms with E-state index in [4.69, 9.17) is 10.7 Å². The zero-order chi connectivity index (χ0) is 14.8. The minimum Gasteiger partial charge on any atom is -0.325 e. The van der Waals surface area contributed by atoms with E-state index in [0.29, 0.717) is 0 Å². The number of imidazole rings is 1. The standard InChI is InChI=1S/C17H26N4/c1-3-14(18)17-19-15-12-13(2)6-7-16(15)21(17)11-10-20-8-4-5-9-20/h6-7,12,14H,3-5,8-11,18H2,1-2H3. The maximum Gasteiger partial charge on any atom is 0.126 e. The Morgan fingerprint density at radius 3 is 2.71 bits per heavy atom. The number of nitrogens with zero attached hydrogens (tertiary/aromatic N) is 3. The van der Waals surface area contributed by atoms with E-state index in [0.717, 1.165) is 30.9 Å².